The monoisotopic (exact) mass is 420 g/mol. The Kier molecular flexibility index (Phi) is 4.78. The van der Waals surface area contributed by atoms with Crippen molar-refractivity contribution in [1.29, 1.82) is 0 Å². The van der Waals surface area contributed by atoms with Crippen LogP contribution in [-0.4, -0.2) is 32.6 Å². The zero-order valence-electron chi connectivity index (χ0n) is 16.3. The number of anilines is 2. The molecule has 31 heavy (non-hydrogen) atoms. The number of benzene rings is 1. The molecule has 9 heteroatoms. The van der Waals surface area contributed by atoms with E-state index >= 15 is 0 Å². The van der Waals surface area contributed by atoms with E-state index in [-0.39, 0.29) is 11.9 Å². The third-order valence-electron chi connectivity index (χ3n) is 5.41. The lowest BCUT2D eigenvalue weighted by Crippen LogP contribution is -2.24. The molecule has 0 aliphatic carbocycles. The minimum Gasteiger partial charge on any atom is -0.347 e. The number of nitrogens with zero attached hydrogens (tertiary/aromatic N) is 4. The van der Waals surface area contributed by atoms with Crippen molar-refractivity contribution >= 4 is 28.6 Å². The van der Waals surface area contributed by atoms with Crippen LogP contribution in [-0.2, 0) is 0 Å². The molecule has 7 nitrogen and oxygen atoms in total. The molecule has 1 fully saturated rings. The number of nitrogens with one attached hydrogen (secondary N) is 2. The van der Waals surface area contributed by atoms with Gasteiger partial charge in [-0.2, -0.15) is 5.10 Å². The Hall–Kier alpha value is -3.88. The molecule has 4 aromatic rings. The number of fused-ring (bicyclic) bond motifs is 1. The van der Waals surface area contributed by atoms with E-state index in [0.717, 1.165) is 18.6 Å². The molecule has 3 aromatic heterocycles. The number of aromatic nitrogens is 4. The number of carbonyl (C=O) groups excluding carboxylic acids is 1. The molecule has 4 heterocycles. The summed E-state index contributed by atoms with van der Waals surface area (Å²) in [6.07, 6.45) is 4.52. The Bertz CT molecular complexity index is 1260. The van der Waals surface area contributed by atoms with E-state index in [0.29, 0.717) is 46.8 Å². The van der Waals surface area contributed by atoms with Gasteiger partial charge in [0.25, 0.3) is 5.91 Å². The van der Waals surface area contributed by atoms with Crippen LogP contribution in [0.25, 0.3) is 11.0 Å². The maximum absolute atomic E-state index is 14.4. The molecule has 0 bridgehead atoms. The summed E-state index contributed by atoms with van der Waals surface area (Å²) in [7, 11) is 0. The number of amides is 1. The molecule has 1 unspecified atom stereocenters. The molecule has 5 rings (SSSR count). The molecule has 1 aliphatic heterocycles. The van der Waals surface area contributed by atoms with Crippen LogP contribution in [0.2, 0.25) is 0 Å². The number of pyridine rings is 2. The first-order valence-electron chi connectivity index (χ1n) is 9.88. The lowest BCUT2D eigenvalue weighted by molar-refractivity contribution is 0.102. The van der Waals surface area contributed by atoms with Gasteiger partial charge in [-0.25, -0.2) is 18.7 Å². The van der Waals surface area contributed by atoms with Crippen LogP contribution in [0.4, 0.5) is 20.4 Å². The summed E-state index contributed by atoms with van der Waals surface area (Å²) in [4.78, 5) is 23.0. The first-order chi connectivity index (χ1) is 15.1. The fourth-order valence-corrected chi connectivity index (χ4v) is 3.97. The van der Waals surface area contributed by atoms with Gasteiger partial charge in [0.05, 0.1) is 17.0 Å². The Morgan fingerprint density at radius 2 is 2.06 bits per heavy atom. The second-order valence-corrected chi connectivity index (χ2v) is 7.35. The average molecular weight is 420 g/mol. The van der Waals surface area contributed by atoms with Gasteiger partial charge in [-0.3, -0.25) is 9.89 Å². The zero-order chi connectivity index (χ0) is 21.4. The first-order valence-corrected chi connectivity index (χ1v) is 9.88. The first kappa shape index (κ1) is 19.1. The smallest absolute Gasteiger partial charge is 0.258 e. The highest BCUT2D eigenvalue weighted by molar-refractivity contribution is 6.06. The van der Waals surface area contributed by atoms with Gasteiger partial charge in [0.2, 0.25) is 0 Å². The van der Waals surface area contributed by atoms with Crippen LogP contribution in [0, 0.1) is 11.6 Å². The number of hydrogen-bond donors (Lipinski definition) is 2. The Morgan fingerprint density at radius 3 is 2.90 bits per heavy atom. The molecule has 2 N–H and O–H groups in total. The topological polar surface area (TPSA) is 86.8 Å². The predicted molar refractivity (Wildman–Crippen MR) is 112 cm³/mol. The Balaban J connectivity index is 1.49. The highest BCUT2D eigenvalue weighted by Gasteiger charge is 2.31. The fraction of sp³-hybridized carbons (Fsp3) is 0.182. The van der Waals surface area contributed by atoms with Gasteiger partial charge < -0.3 is 10.2 Å². The summed E-state index contributed by atoms with van der Waals surface area (Å²) in [5.41, 5.74) is 1.15. The quantitative estimate of drug-likeness (QED) is 0.516. The second-order valence-electron chi connectivity index (χ2n) is 7.35. The van der Waals surface area contributed by atoms with Crippen molar-refractivity contribution in [2.24, 2.45) is 0 Å². The number of rotatable bonds is 4. The van der Waals surface area contributed by atoms with Gasteiger partial charge in [0, 0.05) is 24.5 Å². The van der Waals surface area contributed by atoms with E-state index in [1.807, 2.05) is 4.90 Å². The highest BCUT2D eigenvalue weighted by Crippen LogP contribution is 2.39. The van der Waals surface area contributed by atoms with Crippen LogP contribution in [0.15, 0.2) is 54.9 Å². The summed E-state index contributed by atoms with van der Waals surface area (Å²) >= 11 is 0. The normalized spacial score (nSPS) is 16.1. The third kappa shape index (κ3) is 3.58. The minimum absolute atomic E-state index is 0.297. The van der Waals surface area contributed by atoms with E-state index in [1.54, 1.807) is 30.5 Å². The molecule has 1 aliphatic rings. The number of aromatic amines is 1. The molecule has 1 saturated heterocycles. The van der Waals surface area contributed by atoms with Gasteiger partial charge >= 0.3 is 0 Å². The third-order valence-corrected chi connectivity index (χ3v) is 5.41. The summed E-state index contributed by atoms with van der Waals surface area (Å²) < 4.78 is 28.2. The van der Waals surface area contributed by atoms with Crippen molar-refractivity contribution in [1.82, 2.24) is 20.2 Å². The number of H-pyrrole nitrogens is 1. The molecular weight excluding hydrogens is 402 g/mol. The maximum Gasteiger partial charge on any atom is 0.258 e. The van der Waals surface area contributed by atoms with Gasteiger partial charge in [-0.05, 0) is 49.2 Å². The van der Waals surface area contributed by atoms with Crippen molar-refractivity contribution in [3.63, 3.8) is 0 Å². The molecule has 1 amide bonds. The lowest BCUT2D eigenvalue weighted by atomic mass is 10.0. The summed E-state index contributed by atoms with van der Waals surface area (Å²) in [5, 5.41) is 10.6. The molecular formula is C22H18F2N6O. The van der Waals surface area contributed by atoms with Crippen LogP contribution in [0.1, 0.15) is 34.8 Å². The van der Waals surface area contributed by atoms with E-state index in [2.05, 4.69) is 25.5 Å². The van der Waals surface area contributed by atoms with Crippen LogP contribution in [0.3, 0.4) is 0 Å². The van der Waals surface area contributed by atoms with Crippen molar-refractivity contribution < 1.29 is 13.6 Å². The van der Waals surface area contributed by atoms with Gasteiger partial charge in [0.1, 0.15) is 17.5 Å². The number of hydrogen-bond acceptors (Lipinski definition) is 5. The summed E-state index contributed by atoms with van der Waals surface area (Å²) in [5.74, 6) is -0.297. The second kappa shape index (κ2) is 7.75. The minimum atomic E-state index is -0.481. The standard InChI is InChI=1S/C22H18F2N6O/c23-14-6-7-17(24)15(11-14)18-4-3-9-30(18)21-16-10-13(12-26-20(16)28-29-21)22(31)27-19-5-1-2-8-25-19/h1-2,5-8,10-12,18H,3-4,9H2,(H,25,27,31)(H,26,28,29). The molecule has 156 valence electrons. The largest absolute Gasteiger partial charge is 0.347 e. The lowest BCUT2D eigenvalue weighted by Gasteiger charge is -2.25. The fourth-order valence-electron chi connectivity index (χ4n) is 3.97. The molecule has 0 spiro atoms. The van der Waals surface area contributed by atoms with Gasteiger partial charge in [-0.1, -0.05) is 6.07 Å². The van der Waals surface area contributed by atoms with Crippen molar-refractivity contribution in [3.05, 3.63) is 77.6 Å². The molecule has 1 aromatic carbocycles. The van der Waals surface area contributed by atoms with Crippen LogP contribution >= 0.6 is 0 Å². The van der Waals surface area contributed by atoms with Gasteiger partial charge in [0.15, 0.2) is 11.5 Å². The Labute approximate surface area is 176 Å². The zero-order valence-corrected chi connectivity index (χ0v) is 16.3. The molecule has 0 saturated carbocycles. The maximum atomic E-state index is 14.4. The van der Waals surface area contributed by atoms with Gasteiger partial charge in [-0.15, -0.1) is 0 Å². The van der Waals surface area contributed by atoms with E-state index in [9.17, 15) is 13.6 Å². The number of halogens is 2. The SMILES string of the molecule is O=C(Nc1ccccn1)c1cnc2[nH]nc(N3CCCC3c3cc(F)ccc3F)c2c1. The van der Waals surface area contributed by atoms with Crippen molar-refractivity contribution in [3.8, 4) is 0 Å². The molecule has 1 atom stereocenters. The Morgan fingerprint density at radius 1 is 1.16 bits per heavy atom. The molecule has 0 radical (unpaired) electrons. The predicted octanol–water partition coefficient (Wildman–Crippen LogP) is 4.22. The van der Waals surface area contributed by atoms with E-state index in [4.69, 9.17) is 0 Å². The average Bonchev–Trinajstić information content (AvgIpc) is 3.42. The van der Waals surface area contributed by atoms with Crippen LogP contribution in [0.5, 0.6) is 0 Å². The number of carbonyl (C=O) groups is 1. The van der Waals surface area contributed by atoms with Crippen LogP contribution < -0.4 is 10.2 Å². The highest BCUT2D eigenvalue weighted by atomic mass is 19.1. The summed E-state index contributed by atoms with van der Waals surface area (Å²) in [6.45, 7) is 0.630. The van der Waals surface area contributed by atoms with Crippen molar-refractivity contribution in [2.45, 2.75) is 18.9 Å². The van der Waals surface area contributed by atoms with E-state index in [1.165, 1.54) is 12.3 Å². The van der Waals surface area contributed by atoms with E-state index < -0.39 is 11.6 Å². The summed E-state index contributed by atoms with van der Waals surface area (Å²) in [6, 6.07) is 10.0. The van der Waals surface area contributed by atoms with Crippen molar-refractivity contribution in [2.75, 3.05) is 16.8 Å².